The van der Waals surface area contributed by atoms with Gasteiger partial charge in [0.1, 0.15) is 0 Å². The minimum absolute atomic E-state index is 0.669. The van der Waals surface area contributed by atoms with Gasteiger partial charge in [-0.1, -0.05) is 23.6 Å². The van der Waals surface area contributed by atoms with Gasteiger partial charge < -0.3 is 5.32 Å². The van der Waals surface area contributed by atoms with Gasteiger partial charge >= 0.3 is 0 Å². The van der Waals surface area contributed by atoms with Crippen molar-refractivity contribution in [1.29, 1.82) is 0 Å². The Bertz CT molecular complexity index is 374. The minimum Gasteiger partial charge on any atom is -0.310 e. The van der Waals surface area contributed by atoms with Gasteiger partial charge in [0.05, 0.1) is 5.02 Å². The summed E-state index contributed by atoms with van der Waals surface area (Å²) < 4.78 is 0. The van der Waals surface area contributed by atoms with Crippen LogP contribution in [0, 0.1) is 12.3 Å². The van der Waals surface area contributed by atoms with Crippen molar-refractivity contribution in [3.63, 3.8) is 0 Å². The van der Waals surface area contributed by atoms with Crippen molar-refractivity contribution >= 4 is 11.6 Å². The zero-order chi connectivity index (χ0) is 9.97. The molecular weight excluding hydrogens is 194 g/mol. The van der Waals surface area contributed by atoms with Gasteiger partial charge in [-0.25, -0.2) is 0 Å². The zero-order valence-electron chi connectivity index (χ0n) is 7.89. The molecule has 0 spiro atoms. The summed E-state index contributed by atoms with van der Waals surface area (Å²) in [6, 6.07) is 6.58. The molecule has 0 aliphatic heterocycles. The maximum atomic E-state index is 5.99. The molecule has 1 aromatic rings. The molecule has 1 saturated carbocycles. The first-order valence-corrected chi connectivity index (χ1v) is 5.16. The van der Waals surface area contributed by atoms with Crippen molar-refractivity contribution in [1.82, 2.24) is 5.32 Å². The molecule has 1 aromatic carbocycles. The van der Waals surface area contributed by atoms with E-state index in [-0.39, 0.29) is 0 Å². The van der Waals surface area contributed by atoms with Gasteiger partial charge in [0.15, 0.2) is 0 Å². The molecule has 0 amide bonds. The number of hydrogen-bond donors (Lipinski definition) is 1. The van der Waals surface area contributed by atoms with E-state index in [0.29, 0.717) is 5.02 Å². The first-order valence-electron chi connectivity index (χ1n) is 4.78. The Kier molecular flexibility index (Phi) is 2.77. The summed E-state index contributed by atoms with van der Waals surface area (Å²) in [5.41, 5.74) is 1.96. The fourth-order valence-corrected chi connectivity index (χ4v) is 1.59. The van der Waals surface area contributed by atoms with Gasteiger partial charge in [0, 0.05) is 18.2 Å². The third-order valence-electron chi connectivity index (χ3n) is 2.36. The topological polar surface area (TPSA) is 12.0 Å². The molecular formula is C12H12ClN. The van der Waals surface area contributed by atoms with Crippen LogP contribution in [0.4, 0.5) is 0 Å². The van der Waals surface area contributed by atoms with Gasteiger partial charge in [-0.3, -0.25) is 0 Å². The van der Waals surface area contributed by atoms with Crippen molar-refractivity contribution in [3.8, 4) is 12.3 Å². The molecule has 1 aliphatic carbocycles. The number of rotatable bonds is 3. The highest BCUT2D eigenvalue weighted by atomic mass is 35.5. The van der Waals surface area contributed by atoms with Crippen molar-refractivity contribution in [3.05, 3.63) is 34.3 Å². The van der Waals surface area contributed by atoms with Gasteiger partial charge in [0.2, 0.25) is 0 Å². The van der Waals surface area contributed by atoms with Crippen molar-refractivity contribution in [2.24, 2.45) is 0 Å². The van der Waals surface area contributed by atoms with Gasteiger partial charge in [0.25, 0.3) is 0 Å². The second-order valence-electron chi connectivity index (χ2n) is 3.61. The second kappa shape index (κ2) is 4.04. The summed E-state index contributed by atoms with van der Waals surface area (Å²) in [7, 11) is 0. The van der Waals surface area contributed by atoms with E-state index in [1.54, 1.807) is 0 Å². The predicted molar refractivity (Wildman–Crippen MR) is 59.2 cm³/mol. The summed E-state index contributed by atoms with van der Waals surface area (Å²) >= 11 is 5.99. The lowest BCUT2D eigenvalue weighted by Crippen LogP contribution is -2.15. The van der Waals surface area contributed by atoms with Crippen LogP contribution in [0.3, 0.4) is 0 Å². The third kappa shape index (κ3) is 2.29. The SMILES string of the molecule is C#Cc1ccc(CNC2CC2)cc1Cl. The number of halogens is 1. The summed E-state index contributed by atoms with van der Waals surface area (Å²) in [5.74, 6) is 2.55. The van der Waals surface area contributed by atoms with Crippen LogP contribution in [0.1, 0.15) is 24.0 Å². The van der Waals surface area contributed by atoms with E-state index in [2.05, 4.69) is 11.2 Å². The molecule has 0 radical (unpaired) electrons. The van der Waals surface area contributed by atoms with Gasteiger partial charge in [-0.2, -0.15) is 0 Å². The highest BCUT2D eigenvalue weighted by Crippen LogP contribution is 2.21. The van der Waals surface area contributed by atoms with E-state index in [1.165, 1.54) is 18.4 Å². The number of benzene rings is 1. The molecule has 1 N–H and O–H groups in total. The largest absolute Gasteiger partial charge is 0.310 e. The number of hydrogen-bond acceptors (Lipinski definition) is 1. The molecule has 0 saturated heterocycles. The standard InChI is InChI=1S/C12H12ClN/c1-2-10-4-3-9(7-12(10)13)8-14-11-5-6-11/h1,3-4,7,11,14H,5-6,8H2. The number of nitrogens with one attached hydrogen (secondary N) is 1. The van der Waals surface area contributed by atoms with Crippen LogP contribution in [-0.4, -0.2) is 6.04 Å². The van der Waals surface area contributed by atoms with Crippen molar-refractivity contribution in [2.75, 3.05) is 0 Å². The van der Waals surface area contributed by atoms with E-state index >= 15 is 0 Å². The van der Waals surface area contributed by atoms with E-state index in [9.17, 15) is 0 Å². The van der Waals surface area contributed by atoms with Gasteiger partial charge in [-0.05, 0) is 30.5 Å². The predicted octanol–water partition coefficient (Wildman–Crippen LogP) is 2.57. The van der Waals surface area contributed by atoms with Crippen LogP contribution in [0.15, 0.2) is 18.2 Å². The van der Waals surface area contributed by atoms with Crippen molar-refractivity contribution in [2.45, 2.75) is 25.4 Å². The van der Waals surface area contributed by atoms with Crippen LogP contribution < -0.4 is 5.32 Å². The maximum absolute atomic E-state index is 5.99. The molecule has 1 fully saturated rings. The van der Waals surface area contributed by atoms with Gasteiger partial charge in [-0.15, -0.1) is 6.42 Å². The van der Waals surface area contributed by atoms with Crippen molar-refractivity contribution < 1.29 is 0 Å². The molecule has 14 heavy (non-hydrogen) atoms. The lowest BCUT2D eigenvalue weighted by Gasteiger charge is -2.04. The smallest absolute Gasteiger partial charge is 0.0565 e. The van der Waals surface area contributed by atoms with Crippen LogP contribution in [0.5, 0.6) is 0 Å². The third-order valence-corrected chi connectivity index (χ3v) is 2.67. The lowest BCUT2D eigenvalue weighted by atomic mass is 10.1. The molecule has 0 heterocycles. The summed E-state index contributed by atoms with van der Waals surface area (Å²) in [6.45, 7) is 0.884. The van der Waals surface area contributed by atoms with Crippen LogP contribution in [-0.2, 0) is 6.54 Å². The normalized spacial score (nSPS) is 15.1. The number of terminal acetylenes is 1. The Labute approximate surface area is 89.5 Å². The minimum atomic E-state index is 0.669. The Morgan fingerprint density at radius 2 is 2.29 bits per heavy atom. The average molecular weight is 206 g/mol. The highest BCUT2D eigenvalue weighted by Gasteiger charge is 2.19. The van der Waals surface area contributed by atoms with E-state index in [0.717, 1.165) is 18.2 Å². The lowest BCUT2D eigenvalue weighted by molar-refractivity contribution is 0.688. The second-order valence-corrected chi connectivity index (χ2v) is 4.02. The molecule has 72 valence electrons. The summed E-state index contributed by atoms with van der Waals surface area (Å²) in [6.07, 6.45) is 7.89. The molecule has 1 nitrogen and oxygen atoms in total. The van der Waals surface area contributed by atoms with Crippen LogP contribution in [0.25, 0.3) is 0 Å². The Morgan fingerprint density at radius 3 is 2.86 bits per heavy atom. The van der Waals surface area contributed by atoms with Crippen LogP contribution >= 0.6 is 11.6 Å². The summed E-state index contributed by atoms with van der Waals surface area (Å²) in [5, 5.41) is 4.10. The fraction of sp³-hybridized carbons (Fsp3) is 0.333. The highest BCUT2D eigenvalue weighted by molar-refractivity contribution is 6.31. The van der Waals surface area contributed by atoms with Crippen LogP contribution in [0.2, 0.25) is 5.02 Å². The Morgan fingerprint density at radius 1 is 1.50 bits per heavy atom. The van der Waals surface area contributed by atoms with E-state index in [4.69, 9.17) is 18.0 Å². The molecule has 0 aromatic heterocycles. The maximum Gasteiger partial charge on any atom is 0.0565 e. The first kappa shape index (κ1) is 9.58. The molecule has 2 heteroatoms. The fourth-order valence-electron chi connectivity index (χ4n) is 1.34. The molecule has 2 rings (SSSR count). The molecule has 0 atom stereocenters. The Balaban J connectivity index is 2.03. The Hall–Kier alpha value is -0.970. The zero-order valence-corrected chi connectivity index (χ0v) is 8.64. The first-order chi connectivity index (χ1) is 6.79. The molecule has 0 bridgehead atoms. The average Bonchev–Trinajstić information content (AvgIpc) is 2.98. The van der Waals surface area contributed by atoms with E-state index < -0.39 is 0 Å². The summed E-state index contributed by atoms with van der Waals surface area (Å²) in [4.78, 5) is 0. The molecule has 1 aliphatic rings. The molecule has 0 unspecified atom stereocenters. The quantitative estimate of drug-likeness (QED) is 0.748. The monoisotopic (exact) mass is 205 g/mol. The van der Waals surface area contributed by atoms with E-state index in [1.807, 2.05) is 18.2 Å².